The summed E-state index contributed by atoms with van der Waals surface area (Å²) in [7, 11) is 1.64. The van der Waals surface area contributed by atoms with Gasteiger partial charge in [0.15, 0.2) is 0 Å². The third-order valence-electron chi connectivity index (χ3n) is 2.65. The minimum Gasteiger partial charge on any atom is -0.478 e. The van der Waals surface area contributed by atoms with Crippen molar-refractivity contribution in [3.63, 3.8) is 0 Å². The zero-order chi connectivity index (χ0) is 14.5. The molecule has 106 valence electrons. The second kappa shape index (κ2) is 6.53. The molecule has 1 heterocycles. The highest BCUT2D eigenvalue weighted by molar-refractivity contribution is 9.10. The minimum absolute atomic E-state index is 0.234. The van der Waals surface area contributed by atoms with Crippen molar-refractivity contribution >= 4 is 33.3 Å². The number of carboxylic acids is 1. The maximum absolute atomic E-state index is 10.9. The predicted octanol–water partition coefficient (Wildman–Crippen LogP) is 2.73. The molecule has 0 aliphatic carbocycles. The van der Waals surface area contributed by atoms with Crippen molar-refractivity contribution in [3.8, 4) is 0 Å². The van der Waals surface area contributed by atoms with Gasteiger partial charge in [-0.3, -0.25) is 4.68 Å². The SMILES string of the molecule is COCCn1cc(Nc2ccc(C(=O)O)cc2Br)cn1. The molecule has 1 aromatic heterocycles. The van der Waals surface area contributed by atoms with Crippen LogP contribution in [0.2, 0.25) is 0 Å². The van der Waals surface area contributed by atoms with Crippen LogP contribution >= 0.6 is 15.9 Å². The number of benzene rings is 1. The number of methoxy groups -OCH3 is 1. The first-order chi connectivity index (χ1) is 9.60. The molecule has 0 aliphatic heterocycles. The summed E-state index contributed by atoms with van der Waals surface area (Å²) >= 11 is 3.35. The molecule has 0 spiro atoms. The summed E-state index contributed by atoms with van der Waals surface area (Å²) in [5, 5.41) is 16.3. The first kappa shape index (κ1) is 14.5. The zero-order valence-corrected chi connectivity index (χ0v) is 12.4. The number of carbonyl (C=O) groups is 1. The zero-order valence-electron chi connectivity index (χ0n) is 10.8. The summed E-state index contributed by atoms with van der Waals surface area (Å²) in [6, 6.07) is 4.81. The van der Waals surface area contributed by atoms with Crippen LogP contribution in [-0.4, -0.2) is 34.6 Å². The largest absolute Gasteiger partial charge is 0.478 e. The van der Waals surface area contributed by atoms with Crippen LogP contribution in [0.25, 0.3) is 0 Å². The van der Waals surface area contributed by atoms with Crippen molar-refractivity contribution in [1.82, 2.24) is 9.78 Å². The molecule has 2 aromatic rings. The molecule has 0 fully saturated rings. The van der Waals surface area contributed by atoms with Crippen molar-refractivity contribution < 1.29 is 14.6 Å². The Morgan fingerprint density at radius 1 is 1.55 bits per heavy atom. The molecule has 0 unspecified atom stereocenters. The van der Waals surface area contributed by atoms with Crippen LogP contribution in [0.5, 0.6) is 0 Å². The van der Waals surface area contributed by atoms with Crippen LogP contribution in [0.4, 0.5) is 11.4 Å². The highest BCUT2D eigenvalue weighted by Gasteiger charge is 2.07. The Balaban J connectivity index is 2.09. The monoisotopic (exact) mass is 339 g/mol. The van der Waals surface area contributed by atoms with Gasteiger partial charge in [0.1, 0.15) is 0 Å². The average Bonchev–Trinajstić information content (AvgIpc) is 2.86. The second-order valence-electron chi connectivity index (χ2n) is 4.11. The number of hydrogen-bond acceptors (Lipinski definition) is 4. The summed E-state index contributed by atoms with van der Waals surface area (Å²) in [4.78, 5) is 10.9. The van der Waals surface area contributed by atoms with E-state index < -0.39 is 5.97 Å². The van der Waals surface area contributed by atoms with Crippen LogP contribution in [0.3, 0.4) is 0 Å². The third kappa shape index (κ3) is 3.58. The van der Waals surface area contributed by atoms with Crippen LogP contribution in [0, 0.1) is 0 Å². The molecule has 1 aromatic carbocycles. The van der Waals surface area contributed by atoms with Gasteiger partial charge in [0.2, 0.25) is 0 Å². The van der Waals surface area contributed by atoms with Crippen molar-refractivity contribution in [3.05, 3.63) is 40.6 Å². The van der Waals surface area contributed by atoms with Crippen molar-refractivity contribution in [2.75, 3.05) is 19.0 Å². The van der Waals surface area contributed by atoms with E-state index in [4.69, 9.17) is 9.84 Å². The molecular formula is C13H14BrN3O3. The van der Waals surface area contributed by atoms with Crippen LogP contribution in [-0.2, 0) is 11.3 Å². The first-order valence-electron chi connectivity index (χ1n) is 5.91. The fourth-order valence-corrected chi connectivity index (χ4v) is 2.12. The number of nitrogens with zero attached hydrogens (tertiary/aromatic N) is 2. The quantitative estimate of drug-likeness (QED) is 0.846. The number of hydrogen-bond donors (Lipinski definition) is 2. The molecule has 0 saturated heterocycles. The molecule has 7 heteroatoms. The maximum Gasteiger partial charge on any atom is 0.335 e. The Hall–Kier alpha value is -1.86. The van der Waals surface area contributed by atoms with E-state index in [0.29, 0.717) is 17.6 Å². The lowest BCUT2D eigenvalue weighted by Gasteiger charge is -2.07. The smallest absolute Gasteiger partial charge is 0.335 e. The summed E-state index contributed by atoms with van der Waals surface area (Å²) in [6.07, 6.45) is 3.56. The molecule has 0 atom stereocenters. The van der Waals surface area contributed by atoms with Gasteiger partial charge < -0.3 is 15.2 Å². The molecule has 0 aliphatic rings. The molecule has 6 nitrogen and oxygen atoms in total. The normalized spacial score (nSPS) is 10.5. The van der Waals surface area contributed by atoms with Crippen LogP contribution in [0.15, 0.2) is 35.1 Å². The van der Waals surface area contributed by atoms with Gasteiger partial charge in [0.05, 0.1) is 36.3 Å². The summed E-state index contributed by atoms with van der Waals surface area (Å²) < 4.78 is 7.44. The van der Waals surface area contributed by atoms with E-state index >= 15 is 0 Å². The Morgan fingerprint density at radius 2 is 2.35 bits per heavy atom. The van der Waals surface area contributed by atoms with E-state index in [0.717, 1.165) is 11.4 Å². The molecule has 2 N–H and O–H groups in total. The molecule has 0 bridgehead atoms. The van der Waals surface area contributed by atoms with E-state index in [1.165, 1.54) is 0 Å². The lowest BCUT2D eigenvalue weighted by Crippen LogP contribution is -2.03. The summed E-state index contributed by atoms with van der Waals surface area (Å²) in [6.45, 7) is 1.27. The second-order valence-corrected chi connectivity index (χ2v) is 4.96. The number of halogens is 1. The Morgan fingerprint density at radius 3 is 3.00 bits per heavy atom. The molecular weight excluding hydrogens is 326 g/mol. The third-order valence-corrected chi connectivity index (χ3v) is 3.31. The van der Waals surface area contributed by atoms with Crippen molar-refractivity contribution in [2.45, 2.75) is 6.54 Å². The van der Waals surface area contributed by atoms with E-state index in [-0.39, 0.29) is 5.56 Å². The molecule has 0 radical (unpaired) electrons. The van der Waals surface area contributed by atoms with Gasteiger partial charge in [-0.15, -0.1) is 0 Å². The first-order valence-corrected chi connectivity index (χ1v) is 6.70. The number of rotatable bonds is 6. The van der Waals surface area contributed by atoms with Crippen molar-refractivity contribution in [2.24, 2.45) is 0 Å². The number of anilines is 2. The average molecular weight is 340 g/mol. The van der Waals surface area contributed by atoms with Gasteiger partial charge >= 0.3 is 5.97 Å². The van der Waals surface area contributed by atoms with E-state index in [1.54, 1.807) is 36.2 Å². The van der Waals surface area contributed by atoms with Crippen LogP contribution < -0.4 is 5.32 Å². The van der Waals surface area contributed by atoms with E-state index in [9.17, 15) is 4.79 Å². The molecule has 20 heavy (non-hydrogen) atoms. The van der Waals surface area contributed by atoms with Gasteiger partial charge in [0, 0.05) is 17.8 Å². The van der Waals surface area contributed by atoms with Gasteiger partial charge in [-0.25, -0.2) is 4.79 Å². The van der Waals surface area contributed by atoms with Crippen molar-refractivity contribution in [1.29, 1.82) is 0 Å². The number of nitrogens with one attached hydrogen (secondary N) is 1. The Bertz CT molecular complexity index is 613. The predicted molar refractivity (Wildman–Crippen MR) is 78.5 cm³/mol. The number of aromatic nitrogens is 2. The Labute approximate surface area is 124 Å². The maximum atomic E-state index is 10.9. The number of aromatic carboxylic acids is 1. The lowest BCUT2D eigenvalue weighted by atomic mass is 10.2. The lowest BCUT2D eigenvalue weighted by molar-refractivity contribution is 0.0697. The highest BCUT2D eigenvalue weighted by Crippen LogP contribution is 2.26. The van der Waals surface area contributed by atoms with Gasteiger partial charge in [-0.2, -0.15) is 5.10 Å². The molecule has 2 rings (SSSR count). The number of carboxylic acid groups (broad SMARTS) is 1. The Kier molecular flexibility index (Phi) is 4.75. The molecule has 0 saturated carbocycles. The van der Waals surface area contributed by atoms with Gasteiger partial charge in [-0.05, 0) is 34.1 Å². The number of ether oxygens (including phenoxy) is 1. The fraction of sp³-hybridized carbons (Fsp3) is 0.231. The van der Waals surface area contributed by atoms with Gasteiger partial charge in [0.25, 0.3) is 0 Å². The standard InChI is InChI=1S/C13H14BrN3O3/c1-20-5-4-17-8-10(7-15-17)16-12-3-2-9(13(18)19)6-11(12)14/h2-3,6-8,16H,4-5H2,1H3,(H,18,19). The van der Waals surface area contributed by atoms with Gasteiger partial charge in [-0.1, -0.05) is 0 Å². The van der Waals surface area contributed by atoms with E-state index in [2.05, 4.69) is 26.3 Å². The highest BCUT2D eigenvalue weighted by atomic mass is 79.9. The topological polar surface area (TPSA) is 76.4 Å². The fourth-order valence-electron chi connectivity index (χ4n) is 1.64. The molecule has 0 amide bonds. The summed E-state index contributed by atoms with van der Waals surface area (Å²) in [5.41, 5.74) is 1.84. The summed E-state index contributed by atoms with van der Waals surface area (Å²) in [5.74, 6) is -0.954. The minimum atomic E-state index is -0.954. The van der Waals surface area contributed by atoms with E-state index in [1.807, 2.05) is 6.20 Å². The van der Waals surface area contributed by atoms with Crippen LogP contribution in [0.1, 0.15) is 10.4 Å².